The second kappa shape index (κ2) is 9.83. The maximum absolute atomic E-state index is 12.2. The summed E-state index contributed by atoms with van der Waals surface area (Å²) in [6.07, 6.45) is 3.68. The van der Waals surface area contributed by atoms with E-state index in [1.807, 2.05) is 31.2 Å². The highest BCUT2D eigenvalue weighted by Crippen LogP contribution is 2.46. The number of carbonyl (C=O) groups is 1. The van der Waals surface area contributed by atoms with Crippen LogP contribution in [0.15, 0.2) is 48.8 Å². The first-order chi connectivity index (χ1) is 14.5. The molecule has 1 atom stereocenters. The highest BCUT2D eigenvalue weighted by molar-refractivity contribution is 6.36. The van der Waals surface area contributed by atoms with Gasteiger partial charge in [-0.2, -0.15) is 0 Å². The van der Waals surface area contributed by atoms with Gasteiger partial charge < -0.3 is 19.0 Å². The van der Waals surface area contributed by atoms with Gasteiger partial charge in [-0.05, 0) is 24.1 Å². The van der Waals surface area contributed by atoms with Crippen LogP contribution in [-0.2, 0) is 11.4 Å². The SMILES string of the molecule is COc1ccc(C(C=O)c2c(Cl)cncc2Cl)c(OCc2ccccc2C)c1OC. The lowest BCUT2D eigenvalue weighted by Crippen LogP contribution is -2.10. The van der Waals surface area contributed by atoms with Crippen molar-refractivity contribution in [1.82, 2.24) is 4.98 Å². The Bertz CT molecular complexity index is 1040. The number of aldehydes is 1. The van der Waals surface area contributed by atoms with Gasteiger partial charge in [-0.15, -0.1) is 0 Å². The molecule has 5 nitrogen and oxygen atoms in total. The van der Waals surface area contributed by atoms with Crippen molar-refractivity contribution in [3.05, 3.63) is 81.1 Å². The molecule has 0 N–H and O–H groups in total. The van der Waals surface area contributed by atoms with Crippen LogP contribution < -0.4 is 14.2 Å². The van der Waals surface area contributed by atoms with Gasteiger partial charge >= 0.3 is 0 Å². The van der Waals surface area contributed by atoms with Gasteiger partial charge in [0.05, 0.1) is 30.2 Å². The van der Waals surface area contributed by atoms with Crippen molar-refractivity contribution >= 4 is 29.5 Å². The average molecular weight is 446 g/mol. The number of methoxy groups -OCH3 is 2. The molecule has 0 saturated heterocycles. The number of hydrogen-bond acceptors (Lipinski definition) is 5. The molecule has 156 valence electrons. The topological polar surface area (TPSA) is 57.7 Å². The molecule has 0 aliphatic heterocycles. The van der Waals surface area contributed by atoms with E-state index in [1.165, 1.54) is 26.6 Å². The van der Waals surface area contributed by atoms with Gasteiger partial charge in [0.2, 0.25) is 5.75 Å². The summed E-state index contributed by atoms with van der Waals surface area (Å²) in [6, 6.07) is 11.4. The predicted octanol–water partition coefficient (Wildman–Crippen LogP) is 5.62. The third-order valence-corrected chi connectivity index (χ3v) is 5.44. The number of carbonyl (C=O) groups excluding carboxylic acids is 1. The van der Waals surface area contributed by atoms with E-state index in [4.69, 9.17) is 37.4 Å². The standard InChI is InChI=1S/C23H21Cl2NO4/c1-14-6-4-5-7-15(14)13-30-22-16(8-9-20(28-2)23(22)29-3)17(12-27)21-18(24)10-26-11-19(21)25/h4-12,17H,13H2,1-3H3. The fourth-order valence-electron chi connectivity index (χ4n) is 3.24. The van der Waals surface area contributed by atoms with E-state index in [2.05, 4.69) is 4.98 Å². The monoisotopic (exact) mass is 445 g/mol. The molecular formula is C23H21Cl2NO4. The van der Waals surface area contributed by atoms with Crippen LogP contribution in [0.2, 0.25) is 10.0 Å². The molecule has 0 aliphatic carbocycles. The van der Waals surface area contributed by atoms with Crippen LogP contribution in [-0.4, -0.2) is 25.5 Å². The minimum atomic E-state index is -0.778. The van der Waals surface area contributed by atoms with Gasteiger partial charge in [-0.25, -0.2) is 0 Å². The first-order valence-corrected chi connectivity index (χ1v) is 9.93. The van der Waals surface area contributed by atoms with Crippen molar-refractivity contribution in [2.45, 2.75) is 19.4 Å². The minimum Gasteiger partial charge on any atom is -0.493 e. The molecule has 0 saturated carbocycles. The summed E-state index contributed by atoms with van der Waals surface area (Å²) in [5.74, 6) is 0.482. The van der Waals surface area contributed by atoms with Crippen LogP contribution in [0, 0.1) is 6.92 Å². The normalized spacial score (nSPS) is 11.6. The summed E-state index contributed by atoms with van der Waals surface area (Å²) in [5.41, 5.74) is 3.12. The highest BCUT2D eigenvalue weighted by Gasteiger charge is 2.27. The number of aryl methyl sites for hydroxylation is 1. The molecule has 1 unspecified atom stereocenters. The van der Waals surface area contributed by atoms with Crippen molar-refractivity contribution in [3.8, 4) is 17.2 Å². The summed E-state index contributed by atoms with van der Waals surface area (Å²) >= 11 is 12.7. The molecular weight excluding hydrogens is 425 g/mol. The average Bonchev–Trinajstić information content (AvgIpc) is 2.75. The van der Waals surface area contributed by atoms with E-state index in [-0.39, 0.29) is 6.61 Å². The zero-order valence-corrected chi connectivity index (χ0v) is 18.3. The van der Waals surface area contributed by atoms with E-state index < -0.39 is 5.92 Å². The van der Waals surface area contributed by atoms with Gasteiger partial charge in [0.1, 0.15) is 12.9 Å². The Balaban J connectivity index is 2.13. The van der Waals surface area contributed by atoms with Crippen LogP contribution in [0.3, 0.4) is 0 Å². The number of halogens is 2. The Morgan fingerprint density at radius 1 is 1.00 bits per heavy atom. The van der Waals surface area contributed by atoms with E-state index in [0.29, 0.717) is 38.4 Å². The van der Waals surface area contributed by atoms with Gasteiger partial charge in [0.15, 0.2) is 11.5 Å². The number of hydrogen-bond donors (Lipinski definition) is 0. The number of nitrogens with zero attached hydrogens (tertiary/aromatic N) is 1. The molecule has 0 bridgehead atoms. The lowest BCUT2D eigenvalue weighted by molar-refractivity contribution is -0.108. The Hall–Kier alpha value is -2.76. The molecule has 0 radical (unpaired) electrons. The van der Waals surface area contributed by atoms with Crippen molar-refractivity contribution in [3.63, 3.8) is 0 Å². The van der Waals surface area contributed by atoms with Crippen molar-refractivity contribution in [1.29, 1.82) is 0 Å². The third-order valence-electron chi connectivity index (χ3n) is 4.84. The Kier molecular flexibility index (Phi) is 7.19. The van der Waals surface area contributed by atoms with Crippen LogP contribution >= 0.6 is 23.2 Å². The van der Waals surface area contributed by atoms with Crippen LogP contribution in [0.1, 0.15) is 28.2 Å². The molecule has 0 fully saturated rings. The smallest absolute Gasteiger partial charge is 0.203 e. The second-order valence-electron chi connectivity index (χ2n) is 6.57. The zero-order valence-electron chi connectivity index (χ0n) is 16.8. The summed E-state index contributed by atoms with van der Waals surface area (Å²) in [7, 11) is 3.06. The van der Waals surface area contributed by atoms with Crippen molar-refractivity contribution in [2.24, 2.45) is 0 Å². The van der Waals surface area contributed by atoms with Gasteiger partial charge in [-0.1, -0.05) is 53.5 Å². The molecule has 1 heterocycles. The van der Waals surface area contributed by atoms with Crippen molar-refractivity contribution in [2.75, 3.05) is 14.2 Å². The lowest BCUT2D eigenvalue weighted by Gasteiger charge is -2.22. The molecule has 3 aromatic rings. The van der Waals surface area contributed by atoms with E-state index in [9.17, 15) is 4.79 Å². The molecule has 3 rings (SSSR count). The number of rotatable bonds is 8. The molecule has 0 amide bonds. The van der Waals surface area contributed by atoms with E-state index in [0.717, 1.165) is 17.4 Å². The first-order valence-electron chi connectivity index (χ1n) is 9.18. The quantitative estimate of drug-likeness (QED) is 0.420. The minimum absolute atomic E-state index is 0.284. The summed E-state index contributed by atoms with van der Waals surface area (Å²) in [5, 5.41) is 0.582. The lowest BCUT2D eigenvalue weighted by atomic mass is 9.92. The third kappa shape index (κ3) is 4.37. The van der Waals surface area contributed by atoms with Gasteiger partial charge in [-0.3, -0.25) is 4.98 Å². The van der Waals surface area contributed by atoms with Crippen molar-refractivity contribution < 1.29 is 19.0 Å². The highest BCUT2D eigenvalue weighted by atomic mass is 35.5. The Morgan fingerprint density at radius 3 is 2.30 bits per heavy atom. The molecule has 1 aromatic heterocycles. The summed E-state index contributed by atoms with van der Waals surface area (Å²) in [6.45, 7) is 2.29. The van der Waals surface area contributed by atoms with Crippen LogP contribution in [0.4, 0.5) is 0 Å². The van der Waals surface area contributed by atoms with Gasteiger partial charge in [0, 0.05) is 23.5 Å². The van der Waals surface area contributed by atoms with Crippen LogP contribution in [0.25, 0.3) is 0 Å². The first kappa shape index (κ1) is 21.9. The maximum atomic E-state index is 12.2. The maximum Gasteiger partial charge on any atom is 0.203 e. The molecule has 30 heavy (non-hydrogen) atoms. The number of ether oxygens (including phenoxy) is 3. The Labute approximate surface area is 185 Å². The number of aromatic nitrogens is 1. The fourth-order valence-corrected chi connectivity index (χ4v) is 3.84. The molecule has 2 aromatic carbocycles. The molecule has 0 spiro atoms. The fraction of sp³-hybridized carbons (Fsp3) is 0.217. The second-order valence-corrected chi connectivity index (χ2v) is 7.38. The summed E-state index contributed by atoms with van der Waals surface area (Å²) in [4.78, 5) is 16.1. The summed E-state index contributed by atoms with van der Waals surface area (Å²) < 4.78 is 17.2. The van der Waals surface area contributed by atoms with Crippen LogP contribution in [0.5, 0.6) is 17.2 Å². The van der Waals surface area contributed by atoms with E-state index in [1.54, 1.807) is 12.1 Å². The predicted molar refractivity (Wildman–Crippen MR) is 117 cm³/mol. The zero-order chi connectivity index (χ0) is 21.7. The molecule has 7 heteroatoms. The largest absolute Gasteiger partial charge is 0.493 e. The molecule has 0 aliphatic rings. The number of pyridine rings is 1. The van der Waals surface area contributed by atoms with E-state index >= 15 is 0 Å². The number of benzene rings is 2. The van der Waals surface area contributed by atoms with Gasteiger partial charge in [0.25, 0.3) is 0 Å². The Morgan fingerprint density at radius 2 is 1.70 bits per heavy atom.